The fraction of sp³-hybridized carbons (Fsp3) is 0.455. The zero-order valence-electron chi connectivity index (χ0n) is 18.6. The molecule has 33 heavy (non-hydrogen) atoms. The summed E-state index contributed by atoms with van der Waals surface area (Å²) in [6, 6.07) is 7.59. The van der Waals surface area contributed by atoms with Crippen LogP contribution in [0.2, 0.25) is 0 Å². The monoisotopic (exact) mass is 493 g/mol. The third-order valence-electron chi connectivity index (χ3n) is 6.06. The summed E-state index contributed by atoms with van der Waals surface area (Å²) in [5.74, 6) is 0.685. The molecule has 2 aliphatic rings. The van der Waals surface area contributed by atoms with Gasteiger partial charge in [0.2, 0.25) is 5.91 Å². The van der Waals surface area contributed by atoms with Crippen LogP contribution in [0.5, 0.6) is 11.5 Å². The van der Waals surface area contributed by atoms with Gasteiger partial charge in [-0.1, -0.05) is 6.07 Å². The van der Waals surface area contributed by atoms with Crippen molar-refractivity contribution in [1.82, 2.24) is 14.1 Å². The van der Waals surface area contributed by atoms with E-state index in [1.54, 1.807) is 45.5 Å². The maximum absolute atomic E-state index is 13.2. The van der Waals surface area contributed by atoms with E-state index in [0.717, 1.165) is 11.3 Å². The second kappa shape index (κ2) is 9.70. The van der Waals surface area contributed by atoms with Crippen LogP contribution in [0.4, 0.5) is 0 Å². The Morgan fingerprint density at radius 3 is 2.30 bits per heavy atom. The van der Waals surface area contributed by atoms with Crippen LogP contribution in [-0.4, -0.2) is 87.3 Å². The molecule has 2 aliphatic heterocycles. The molecule has 1 aromatic heterocycles. The lowest BCUT2D eigenvalue weighted by molar-refractivity contribution is -0.136. The average Bonchev–Trinajstić information content (AvgIpc) is 3.56. The van der Waals surface area contributed by atoms with Crippen molar-refractivity contribution in [1.29, 1.82) is 0 Å². The van der Waals surface area contributed by atoms with Gasteiger partial charge in [-0.25, -0.2) is 8.42 Å². The number of ether oxygens (including phenoxy) is 2. The minimum Gasteiger partial charge on any atom is -0.493 e. The summed E-state index contributed by atoms with van der Waals surface area (Å²) in [5, 5.41) is 1.72. The van der Waals surface area contributed by atoms with E-state index in [2.05, 4.69) is 0 Å². The Morgan fingerprint density at radius 1 is 0.970 bits per heavy atom. The highest BCUT2D eigenvalue weighted by atomic mass is 32.2. The van der Waals surface area contributed by atoms with Crippen LogP contribution in [0.3, 0.4) is 0 Å². The summed E-state index contributed by atoms with van der Waals surface area (Å²) < 4.78 is 38.1. The first-order valence-electron chi connectivity index (χ1n) is 10.7. The minimum atomic E-state index is -3.68. The highest BCUT2D eigenvalue weighted by molar-refractivity contribution is 7.91. The lowest BCUT2D eigenvalue weighted by Gasteiger charge is -2.37. The zero-order chi connectivity index (χ0) is 23.6. The molecule has 3 heterocycles. The SMILES string of the molecule is COc1ccc(C(=O)N2CCN(C(=O)C3CCCN3S(=O)(=O)c3cccs3)CC2)cc1OC. The summed E-state index contributed by atoms with van der Waals surface area (Å²) in [6.07, 6.45) is 1.16. The number of carbonyl (C=O) groups excluding carboxylic acids is 2. The van der Waals surface area contributed by atoms with E-state index in [9.17, 15) is 18.0 Å². The summed E-state index contributed by atoms with van der Waals surface area (Å²) in [5.41, 5.74) is 0.483. The molecule has 2 aromatic rings. The van der Waals surface area contributed by atoms with Crippen molar-refractivity contribution in [3.8, 4) is 11.5 Å². The van der Waals surface area contributed by atoms with E-state index < -0.39 is 16.1 Å². The van der Waals surface area contributed by atoms with Gasteiger partial charge >= 0.3 is 0 Å². The van der Waals surface area contributed by atoms with Gasteiger partial charge in [0.05, 0.1) is 14.2 Å². The smallest absolute Gasteiger partial charge is 0.254 e. The van der Waals surface area contributed by atoms with Crippen LogP contribution in [0, 0.1) is 0 Å². The van der Waals surface area contributed by atoms with Gasteiger partial charge in [-0.2, -0.15) is 4.31 Å². The van der Waals surface area contributed by atoms with E-state index in [1.807, 2.05) is 0 Å². The number of sulfonamides is 1. The second-order valence-electron chi connectivity index (χ2n) is 7.89. The first kappa shape index (κ1) is 23.5. The number of carbonyl (C=O) groups is 2. The topological polar surface area (TPSA) is 96.5 Å². The molecule has 1 unspecified atom stereocenters. The Hall–Kier alpha value is -2.63. The lowest BCUT2D eigenvalue weighted by Crippen LogP contribution is -2.55. The highest BCUT2D eigenvalue weighted by Crippen LogP contribution is 2.30. The number of thiophene rings is 1. The molecule has 4 rings (SSSR count). The Labute approximate surface area is 197 Å². The molecule has 0 saturated carbocycles. The van der Waals surface area contributed by atoms with E-state index in [4.69, 9.17) is 9.47 Å². The maximum atomic E-state index is 13.2. The van der Waals surface area contributed by atoms with Gasteiger partial charge in [-0.15, -0.1) is 11.3 Å². The van der Waals surface area contributed by atoms with Gasteiger partial charge in [-0.05, 0) is 42.5 Å². The standard InChI is InChI=1S/C22H27N3O6S2/c1-30-18-8-7-16(15-19(18)31-2)21(26)23-10-12-24(13-11-23)22(27)17-5-3-9-25(17)33(28,29)20-6-4-14-32-20/h4,6-8,14-15,17H,3,5,9-13H2,1-2H3. The fourth-order valence-electron chi connectivity index (χ4n) is 4.29. The molecule has 0 bridgehead atoms. The average molecular weight is 494 g/mol. The van der Waals surface area contributed by atoms with E-state index in [0.29, 0.717) is 62.6 Å². The number of amides is 2. The molecular weight excluding hydrogens is 466 g/mol. The van der Waals surface area contributed by atoms with Gasteiger partial charge in [0, 0.05) is 38.3 Å². The molecule has 1 aromatic carbocycles. The first-order valence-corrected chi connectivity index (χ1v) is 13.0. The van der Waals surface area contributed by atoms with Gasteiger partial charge in [0.1, 0.15) is 10.3 Å². The summed E-state index contributed by atoms with van der Waals surface area (Å²) in [7, 11) is -0.633. The summed E-state index contributed by atoms with van der Waals surface area (Å²) in [6.45, 7) is 1.82. The lowest BCUT2D eigenvalue weighted by atomic mass is 10.1. The Kier molecular flexibility index (Phi) is 6.91. The quantitative estimate of drug-likeness (QED) is 0.610. The van der Waals surface area contributed by atoms with E-state index >= 15 is 0 Å². The van der Waals surface area contributed by atoms with Crippen LogP contribution >= 0.6 is 11.3 Å². The van der Waals surface area contributed by atoms with Crippen molar-refractivity contribution in [2.75, 3.05) is 46.9 Å². The molecule has 0 spiro atoms. The van der Waals surface area contributed by atoms with Crippen molar-refractivity contribution in [2.45, 2.75) is 23.1 Å². The number of piperazine rings is 1. The third kappa shape index (κ3) is 4.57. The Bertz CT molecular complexity index is 1110. The number of hydrogen-bond donors (Lipinski definition) is 0. The van der Waals surface area contributed by atoms with Crippen LogP contribution < -0.4 is 9.47 Å². The van der Waals surface area contributed by atoms with Crippen LogP contribution in [0.25, 0.3) is 0 Å². The van der Waals surface area contributed by atoms with Crippen molar-refractivity contribution in [3.63, 3.8) is 0 Å². The normalized spacial score (nSPS) is 19.5. The summed E-state index contributed by atoms with van der Waals surface area (Å²) in [4.78, 5) is 29.5. The molecule has 1 atom stereocenters. The highest BCUT2D eigenvalue weighted by Gasteiger charge is 2.42. The van der Waals surface area contributed by atoms with Crippen LogP contribution in [0.15, 0.2) is 39.9 Å². The van der Waals surface area contributed by atoms with Crippen molar-refractivity contribution in [3.05, 3.63) is 41.3 Å². The van der Waals surface area contributed by atoms with Crippen molar-refractivity contribution >= 4 is 33.2 Å². The molecule has 9 nitrogen and oxygen atoms in total. The van der Waals surface area contributed by atoms with Gasteiger partial charge in [-0.3, -0.25) is 9.59 Å². The molecule has 0 aliphatic carbocycles. The summed E-state index contributed by atoms with van der Waals surface area (Å²) >= 11 is 1.16. The van der Waals surface area contributed by atoms with E-state index in [-0.39, 0.29) is 16.0 Å². The van der Waals surface area contributed by atoms with Crippen LogP contribution in [0.1, 0.15) is 23.2 Å². The molecule has 0 radical (unpaired) electrons. The largest absolute Gasteiger partial charge is 0.493 e. The van der Waals surface area contributed by atoms with Gasteiger partial charge < -0.3 is 19.3 Å². The van der Waals surface area contributed by atoms with Gasteiger partial charge in [0.25, 0.3) is 15.9 Å². The number of rotatable bonds is 6. The first-order chi connectivity index (χ1) is 15.9. The third-order valence-corrected chi connectivity index (χ3v) is 9.34. The Balaban J connectivity index is 1.40. The number of hydrogen-bond acceptors (Lipinski definition) is 7. The number of benzene rings is 1. The predicted octanol–water partition coefficient (Wildman–Crippen LogP) is 1.90. The van der Waals surface area contributed by atoms with Crippen LogP contribution in [-0.2, 0) is 14.8 Å². The molecule has 0 N–H and O–H groups in total. The minimum absolute atomic E-state index is 0.147. The van der Waals surface area contributed by atoms with E-state index in [1.165, 1.54) is 18.5 Å². The molecular formula is C22H27N3O6S2. The molecule has 2 fully saturated rings. The predicted molar refractivity (Wildman–Crippen MR) is 123 cm³/mol. The Morgan fingerprint density at radius 2 is 1.67 bits per heavy atom. The van der Waals surface area contributed by atoms with Crippen molar-refractivity contribution in [2.24, 2.45) is 0 Å². The van der Waals surface area contributed by atoms with Gasteiger partial charge in [0.15, 0.2) is 11.5 Å². The molecule has 11 heteroatoms. The maximum Gasteiger partial charge on any atom is 0.254 e. The molecule has 2 amide bonds. The molecule has 178 valence electrons. The molecule has 2 saturated heterocycles. The number of methoxy groups -OCH3 is 2. The van der Waals surface area contributed by atoms with Crippen molar-refractivity contribution < 1.29 is 27.5 Å². The zero-order valence-corrected chi connectivity index (χ0v) is 20.2. The fourth-order valence-corrected chi connectivity index (χ4v) is 7.06. The number of nitrogens with zero attached hydrogens (tertiary/aromatic N) is 3. The second-order valence-corrected chi connectivity index (χ2v) is 11.0.